The maximum Gasteiger partial charge on any atom is 0.274 e. The molecule has 4 aromatic rings. The van der Waals surface area contributed by atoms with Crippen LogP contribution in [0.15, 0.2) is 59.5 Å². The van der Waals surface area contributed by atoms with E-state index in [4.69, 9.17) is 4.74 Å². The smallest absolute Gasteiger partial charge is 0.274 e. The predicted molar refractivity (Wildman–Crippen MR) is 122 cm³/mol. The van der Waals surface area contributed by atoms with Gasteiger partial charge in [0.25, 0.3) is 5.56 Å². The van der Waals surface area contributed by atoms with Gasteiger partial charge in [0.15, 0.2) is 0 Å². The molecule has 1 N–H and O–H groups in total. The first-order valence-electron chi connectivity index (χ1n) is 10.2. The minimum absolute atomic E-state index is 0.134. The summed E-state index contributed by atoms with van der Waals surface area (Å²) >= 11 is 0. The van der Waals surface area contributed by atoms with Gasteiger partial charge in [0, 0.05) is 11.5 Å². The van der Waals surface area contributed by atoms with Crippen molar-refractivity contribution in [2.75, 3.05) is 18.5 Å². The Morgan fingerprint density at radius 2 is 1.87 bits per heavy atom. The number of nitrogens with one attached hydrogen (secondary N) is 1. The van der Waals surface area contributed by atoms with E-state index in [1.54, 1.807) is 6.20 Å². The standard InChI is InChI=1S/C24H25N5O2/c1-16-8-9-22(17(2)12-16)31-11-10-25-23-13-20(27-18(3)28-23)15-29-24(30)21-7-5-4-6-19(21)14-26-29/h4-9,12-14H,10-11,15H2,1-3H3,(H,25,27,28). The van der Waals surface area contributed by atoms with Gasteiger partial charge in [-0.2, -0.15) is 5.10 Å². The summed E-state index contributed by atoms with van der Waals surface area (Å²) in [7, 11) is 0. The molecule has 0 saturated carbocycles. The monoisotopic (exact) mass is 415 g/mol. The molecule has 0 saturated heterocycles. The molecule has 4 rings (SSSR count). The number of hydrogen-bond donors (Lipinski definition) is 1. The Morgan fingerprint density at radius 3 is 2.71 bits per heavy atom. The quantitative estimate of drug-likeness (QED) is 0.464. The average Bonchev–Trinajstić information content (AvgIpc) is 2.74. The Labute approximate surface area is 180 Å². The maximum atomic E-state index is 12.7. The molecule has 0 amide bonds. The summed E-state index contributed by atoms with van der Waals surface area (Å²) in [6, 6.07) is 15.4. The van der Waals surface area contributed by atoms with Crippen LogP contribution < -0.4 is 15.6 Å². The fourth-order valence-electron chi connectivity index (χ4n) is 3.50. The van der Waals surface area contributed by atoms with Gasteiger partial charge in [-0.05, 0) is 38.5 Å². The second-order valence-corrected chi connectivity index (χ2v) is 7.53. The molecular formula is C24H25N5O2. The van der Waals surface area contributed by atoms with Gasteiger partial charge in [0.05, 0.1) is 30.4 Å². The minimum Gasteiger partial charge on any atom is -0.491 e. The lowest BCUT2D eigenvalue weighted by molar-refractivity contribution is 0.330. The van der Waals surface area contributed by atoms with Crippen molar-refractivity contribution in [1.82, 2.24) is 19.7 Å². The lowest BCUT2D eigenvalue weighted by Crippen LogP contribution is -2.24. The predicted octanol–water partition coefficient (Wildman–Crippen LogP) is 3.65. The van der Waals surface area contributed by atoms with Gasteiger partial charge in [-0.25, -0.2) is 14.6 Å². The molecule has 0 fully saturated rings. The van der Waals surface area contributed by atoms with Crippen molar-refractivity contribution in [2.24, 2.45) is 0 Å². The van der Waals surface area contributed by atoms with Crippen molar-refractivity contribution in [3.05, 3.63) is 87.7 Å². The summed E-state index contributed by atoms with van der Waals surface area (Å²) in [6.07, 6.45) is 1.70. The summed E-state index contributed by atoms with van der Waals surface area (Å²) in [5.74, 6) is 2.21. The van der Waals surface area contributed by atoms with Crippen LogP contribution >= 0.6 is 0 Å². The van der Waals surface area contributed by atoms with E-state index in [0.717, 1.165) is 22.4 Å². The molecule has 0 aliphatic heterocycles. The molecular weight excluding hydrogens is 390 g/mol. The molecule has 0 spiro atoms. The van der Waals surface area contributed by atoms with Crippen LogP contribution in [0.3, 0.4) is 0 Å². The number of benzene rings is 2. The molecule has 0 aliphatic carbocycles. The number of fused-ring (bicyclic) bond motifs is 1. The molecule has 7 nitrogen and oxygen atoms in total. The topological polar surface area (TPSA) is 81.9 Å². The molecule has 158 valence electrons. The molecule has 0 unspecified atom stereocenters. The van der Waals surface area contributed by atoms with Crippen molar-refractivity contribution >= 4 is 16.6 Å². The summed E-state index contributed by atoms with van der Waals surface area (Å²) in [5, 5.41) is 9.03. The Morgan fingerprint density at radius 1 is 1.03 bits per heavy atom. The van der Waals surface area contributed by atoms with Crippen LogP contribution in [0.5, 0.6) is 5.75 Å². The molecule has 31 heavy (non-hydrogen) atoms. The van der Waals surface area contributed by atoms with Gasteiger partial charge in [-0.1, -0.05) is 35.9 Å². The van der Waals surface area contributed by atoms with Crippen molar-refractivity contribution in [2.45, 2.75) is 27.3 Å². The van der Waals surface area contributed by atoms with Gasteiger partial charge in [0.2, 0.25) is 0 Å². The van der Waals surface area contributed by atoms with Crippen molar-refractivity contribution < 1.29 is 4.74 Å². The van der Waals surface area contributed by atoms with Gasteiger partial charge < -0.3 is 10.1 Å². The number of ether oxygens (including phenoxy) is 1. The Balaban J connectivity index is 1.42. The third-order valence-corrected chi connectivity index (χ3v) is 4.96. The summed E-state index contributed by atoms with van der Waals surface area (Å²) in [4.78, 5) is 21.6. The number of nitrogens with zero attached hydrogens (tertiary/aromatic N) is 4. The number of anilines is 1. The molecule has 0 atom stereocenters. The van der Waals surface area contributed by atoms with Gasteiger partial charge in [-0.15, -0.1) is 0 Å². The normalized spacial score (nSPS) is 10.9. The van der Waals surface area contributed by atoms with Crippen molar-refractivity contribution in [1.29, 1.82) is 0 Å². The fourth-order valence-corrected chi connectivity index (χ4v) is 3.50. The highest BCUT2D eigenvalue weighted by atomic mass is 16.5. The molecule has 7 heteroatoms. The fraction of sp³-hybridized carbons (Fsp3) is 0.250. The van der Waals surface area contributed by atoms with Gasteiger partial charge in [-0.3, -0.25) is 4.79 Å². The summed E-state index contributed by atoms with van der Waals surface area (Å²) in [5.41, 5.74) is 2.92. The zero-order chi connectivity index (χ0) is 21.8. The third-order valence-electron chi connectivity index (χ3n) is 4.96. The van der Waals surface area contributed by atoms with Crippen LogP contribution in [0.1, 0.15) is 22.6 Å². The van der Waals surface area contributed by atoms with Crippen molar-refractivity contribution in [3.63, 3.8) is 0 Å². The Bertz CT molecular complexity index is 1280. The van der Waals surface area contributed by atoms with Crippen LogP contribution in [-0.4, -0.2) is 32.9 Å². The minimum atomic E-state index is -0.134. The first-order valence-corrected chi connectivity index (χ1v) is 10.2. The van der Waals surface area contributed by atoms with E-state index in [2.05, 4.69) is 33.4 Å². The van der Waals surface area contributed by atoms with Crippen LogP contribution in [0.4, 0.5) is 5.82 Å². The number of rotatable bonds is 7. The maximum absolute atomic E-state index is 12.7. The highest BCUT2D eigenvalue weighted by Crippen LogP contribution is 2.18. The lowest BCUT2D eigenvalue weighted by atomic mass is 10.1. The van der Waals surface area contributed by atoms with Crippen LogP contribution in [0, 0.1) is 20.8 Å². The van der Waals surface area contributed by atoms with Gasteiger partial charge >= 0.3 is 0 Å². The first-order chi connectivity index (χ1) is 15.0. The summed E-state index contributed by atoms with van der Waals surface area (Å²) in [6.45, 7) is 7.32. The van der Waals surface area contributed by atoms with E-state index in [-0.39, 0.29) is 12.1 Å². The highest BCUT2D eigenvalue weighted by Gasteiger charge is 2.08. The van der Waals surface area contributed by atoms with E-state index in [9.17, 15) is 4.79 Å². The second-order valence-electron chi connectivity index (χ2n) is 7.53. The molecule has 2 aromatic carbocycles. The van der Waals surface area contributed by atoms with Gasteiger partial charge in [0.1, 0.15) is 24.0 Å². The zero-order valence-electron chi connectivity index (χ0n) is 17.9. The SMILES string of the molecule is Cc1ccc(OCCNc2cc(Cn3ncc4ccccc4c3=O)nc(C)n2)c(C)c1. The Kier molecular flexibility index (Phi) is 5.93. The largest absolute Gasteiger partial charge is 0.491 e. The van der Waals surface area contributed by atoms with Crippen LogP contribution in [-0.2, 0) is 6.54 Å². The molecule has 0 bridgehead atoms. The van der Waals surface area contributed by atoms with E-state index in [1.807, 2.05) is 56.3 Å². The van der Waals surface area contributed by atoms with Crippen LogP contribution in [0.2, 0.25) is 0 Å². The number of aromatic nitrogens is 4. The first kappa shape index (κ1) is 20.5. The van der Waals surface area contributed by atoms with Crippen LogP contribution in [0.25, 0.3) is 10.8 Å². The van der Waals surface area contributed by atoms with E-state index >= 15 is 0 Å². The molecule has 2 aromatic heterocycles. The number of aryl methyl sites for hydroxylation is 3. The third kappa shape index (κ3) is 4.88. The zero-order valence-corrected chi connectivity index (χ0v) is 17.9. The molecule has 0 radical (unpaired) electrons. The lowest BCUT2D eigenvalue weighted by Gasteiger charge is -2.12. The van der Waals surface area contributed by atoms with Crippen molar-refractivity contribution in [3.8, 4) is 5.75 Å². The molecule has 2 heterocycles. The Hall–Kier alpha value is -3.74. The number of hydrogen-bond acceptors (Lipinski definition) is 6. The summed E-state index contributed by atoms with van der Waals surface area (Å²) < 4.78 is 7.29. The van der Waals surface area contributed by atoms with E-state index in [1.165, 1.54) is 10.2 Å². The average molecular weight is 415 g/mol. The highest BCUT2D eigenvalue weighted by molar-refractivity contribution is 5.80. The molecule has 0 aliphatic rings. The van der Waals surface area contributed by atoms with E-state index < -0.39 is 0 Å². The second kappa shape index (κ2) is 8.95. The van der Waals surface area contributed by atoms with E-state index in [0.29, 0.717) is 30.2 Å².